The average molecular weight is 306 g/mol. The smallest absolute Gasteiger partial charge is 0.137 e. The maximum absolute atomic E-state index is 6.13. The van der Waals surface area contributed by atoms with Crippen molar-refractivity contribution in [2.24, 2.45) is 0 Å². The molecule has 0 aliphatic heterocycles. The second-order valence-electron chi connectivity index (χ2n) is 4.73. The molecule has 0 atom stereocenters. The van der Waals surface area contributed by atoms with Crippen LogP contribution in [0.2, 0.25) is 5.02 Å². The van der Waals surface area contributed by atoms with Crippen LogP contribution in [0, 0.1) is 6.92 Å². The molecule has 112 valence electrons. The van der Waals surface area contributed by atoms with Crippen LogP contribution in [-0.4, -0.2) is 13.7 Å². The fourth-order valence-electron chi connectivity index (χ4n) is 2.11. The van der Waals surface area contributed by atoms with Gasteiger partial charge in [-0.05, 0) is 55.3 Å². The number of aryl methyl sites for hydroxylation is 1. The summed E-state index contributed by atoms with van der Waals surface area (Å²) >= 11 is 6.13. The van der Waals surface area contributed by atoms with E-state index >= 15 is 0 Å². The third-order valence-corrected chi connectivity index (χ3v) is 3.50. The van der Waals surface area contributed by atoms with Gasteiger partial charge < -0.3 is 14.8 Å². The van der Waals surface area contributed by atoms with Crippen LogP contribution in [0.15, 0.2) is 36.4 Å². The van der Waals surface area contributed by atoms with Crippen molar-refractivity contribution >= 4 is 17.3 Å². The van der Waals surface area contributed by atoms with E-state index in [9.17, 15) is 0 Å². The standard InChI is InChI=1S/C17H20ClNO2/c1-4-21-14-6-7-16(12(2)9-14)19-11-13-5-8-17(20-3)15(18)10-13/h5-10,19H,4,11H2,1-3H3. The van der Waals surface area contributed by atoms with Crippen molar-refractivity contribution in [1.82, 2.24) is 0 Å². The highest BCUT2D eigenvalue weighted by Crippen LogP contribution is 2.26. The minimum Gasteiger partial charge on any atom is -0.495 e. The lowest BCUT2D eigenvalue weighted by Crippen LogP contribution is -2.02. The summed E-state index contributed by atoms with van der Waals surface area (Å²) in [5.74, 6) is 1.59. The average Bonchev–Trinajstić information content (AvgIpc) is 2.47. The van der Waals surface area contributed by atoms with E-state index in [1.807, 2.05) is 43.3 Å². The topological polar surface area (TPSA) is 30.5 Å². The Hall–Kier alpha value is -1.87. The van der Waals surface area contributed by atoms with E-state index in [4.69, 9.17) is 21.1 Å². The molecule has 1 N–H and O–H groups in total. The zero-order valence-corrected chi connectivity index (χ0v) is 13.3. The molecule has 4 heteroatoms. The van der Waals surface area contributed by atoms with Crippen molar-refractivity contribution in [3.63, 3.8) is 0 Å². The molecule has 0 bridgehead atoms. The van der Waals surface area contributed by atoms with Gasteiger partial charge in [0.15, 0.2) is 0 Å². The predicted octanol–water partition coefficient (Wildman–Crippen LogP) is 4.67. The lowest BCUT2D eigenvalue weighted by molar-refractivity contribution is 0.340. The van der Waals surface area contributed by atoms with Gasteiger partial charge in [-0.2, -0.15) is 0 Å². The van der Waals surface area contributed by atoms with Crippen molar-refractivity contribution in [1.29, 1.82) is 0 Å². The number of anilines is 1. The minimum atomic E-state index is 0.625. The molecule has 2 rings (SSSR count). The first-order valence-corrected chi connectivity index (χ1v) is 7.31. The van der Waals surface area contributed by atoms with Gasteiger partial charge >= 0.3 is 0 Å². The molecular weight excluding hydrogens is 286 g/mol. The number of hydrogen-bond donors (Lipinski definition) is 1. The summed E-state index contributed by atoms with van der Waals surface area (Å²) in [6.45, 7) is 5.43. The highest BCUT2D eigenvalue weighted by Gasteiger charge is 2.04. The molecule has 2 aromatic rings. The van der Waals surface area contributed by atoms with Crippen LogP contribution in [0.5, 0.6) is 11.5 Å². The molecule has 0 aromatic heterocycles. The first-order valence-electron chi connectivity index (χ1n) is 6.93. The van der Waals surface area contributed by atoms with E-state index in [-0.39, 0.29) is 0 Å². The molecule has 0 fully saturated rings. The molecule has 0 aliphatic carbocycles. The van der Waals surface area contributed by atoms with E-state index in [2.05, 4.69) is 12.2 Å². The van der Waals surface area contributed by atoms with E-state index in [1.54, 1.807) is 7.11 Å². The largest absolute Gasteiger partial charge is 0.495 e. The zero-order chi connectivity index (χ0) is 15.2. The van der Waals surface area contributed by atoms with Crippen molar-refractivity contribution in [2.75, 3.05) is 19.0 Å². The number of ether oxygens (including phenoxy) is 2. The van der Waals surface area contributed by atoms with Gasteiger partial charge in [-0.15, -0.1) is 0 Å². The number of halogens is 1. The predicted molar refractivity (Wildman–Crippen MR) is 87.7 cm³/mol. The summed E-state index contributed by atoms with van der Waals surface area (Å²) in [7, 11) is 1.61. The minimum absolute atomic E-state index is 0.625. The zero-order valence-electron chi connectivity index (χ0n) is 12.6. The molecule has 0 unspecified atom stereocenters. The second kappa shape index (κ2) is 7.23. The Kier molecular flexibility index (Phi) is 5.34. The monoisotopic (exact) mass is 305 g/mol. The molecule has 2 aromatic carbocycles. The Morgan fingerprint density at radius 3 is 2.57 bits per heavy atom. The number of benzene rings is 2. The molecule has 0 amide bonds. The van der Waals surface area contributed by atoms with Crippen molar-refractivity contribution < 1.29 is 9.47 Å². The van der Waals surface area contributed by atoms with Crippen LogP contribution in [0.3, 0.4) is 0 Å². The third-order valence-electron chi connectivity index (χ3n) is 3.21. The SMILES string of the molecule is CCOc1ccc(NCc2ccc(OC)c(Cl)c2)c(C)c1. The first-order chi connectivity index (χ1) is 10.1. The van der Waals surface area contributed by atoms with Crippen LogP contribution in [0.4, 0.5) is 5.69 Å². The number of rotatable bonds is 6. The molecular formula is C17H20ClNO2. The molecule has 0 spiro atoms. The number of hydrogen-bond acceptors (Lipinski definition) is 3. The summed E-state index contributed by atoms with van der Waals surface area (Å²) in [4.78, 5) is 0. The maximum atomic E-state index is 6.13. The highest BCUT2D eigenvalue weighted by atomic mass is 35.5. The summed E-state index contributed by atoms with van der Waals surface area (Å²) < 4.78 is 10.6. The van der Waals surface area contributed by atoms with Crippen molar-refractivity contribution in [3.8, 4) is 11.5 Å². The summed E-state index contributed by atoms with van der Waals surface area (Å²) in [6, 6.07) is 11.8. The maximum Gasteiger partial charge on any atom is 0.137 e. The second-order valence-corrected chi connectivity index (χ2v) is 5.14. The van der Waals surface area contributed by atoms with Gasteiger partial charge in [-0.25, -0.2) is 0 Å². The lowest BCUT2D eigenvalue weighted by atomic mass is 10.1. The van der Waals surface area contributed by atoms with E-state index in [1.165, 1.54) is 0 Å². The Morgan fingerprint density at radius 1 is 1.14 bits per heavy atom. The molecule has 0 saturated carbocycles. The van der Waals surface area contributed by atoms with Crippen molar-refractivity contribution in [2.45, 2.75) is 20.4 Å². The van der Waals surface area contributed by atoms with Gasteiger partial charge in [-0.1, -0.05) is 17.7 Å². The van der Waals surface area contributed by atoms with Crippen LogP contribution < -0.4 is 14.8 Å². The number of nitrogens with one attached hydrogen (secondary N) is 1. The van der Waals surface area contributed by atoms with Crippen LogP contribution >= 0.6 is 11.6 Å². The summed E-state index contributed by atoms with van der Waals surface area (Å²) in [5, 5.41) is 4.03. The van der Waals surface area contributed by atoms with E-state index < -0.39 is 0 Å². The quantitative estimate of drug-likeness (QED) is 0.841. The van der Waals surface area contributed by atoms with Crippen LogP contribution in [0.1, 0.15) is 18.1 Å². The molecule has 0 radical (unpaired) electrons. The highest BCUT2D eigenvalue weighted by molar-refractivity contribution is 6.32. The molecule has 3 nitrogen and oxygen atoms in total. The van der Waals surface area contributed by atoms with E-state index in [0.29, 0.717) is 23.9 Å². The number of methoxy groups -OCH3 is 1. The molecule has 21 heavy (non-hydrogen) atoms. The summed E-state index contributed by atoms with van der Waals surface area (Å²) in [5.41, 5.74) is 3.35. The van der Waals surface area contributed by atoms with Gasteiger partial charge in [-0.3, -0.25) is 0 Å². The Labute approximate surface area is 130 Å². The normalized spacial score (nSPS) is 10.3. The summed E-state index contributed by atoms with van der Waals surface area (Å²) in [6.07, 6.45) is 0. The van der Waals surface area contributed by atoms with E-state index in [0.717, 1.165) is 22.6 Å². The van der Waals surface area contributed by atoms with Gasteiger partial charge in [0, 0.05) is 12.2 Å². The van der Waals surface area contributed by atoms with Crippen LogP contribution in [0.25, 0.3) is 0 Å². The van der Waals surface area contributed by atoms with Crippen LogP contribution in [-0.2, 0) is 6.54 Å². The first kappa shape index (κ1) is 15.5. The fourth-order valence-corrected chi connectivity index (χ4v) is 2.39. The Morgan fingerprint density at radius 2 is 1.95 bits per heavy atom. The van der Waals surface area contributed by atoms with Gasteiger partial charge in [0.2, 0.25) is 0 Å². The third kappa shape index (κ3) is 4.05. The van der Waals surface area contributed by atoms with Gasteiger partial charge in [0.05, 0.1) is 18.7 Å². The Bertz CT molecular complexity index is 614. The van der Waals surface area contributed by atoms with Gasteiger partial charge in [0.25, 0.3) is 0 Å². The molecule has 0 saturated heterocycles. The van der Waals surface area contributed by atoms with Gasteiger partial charge in [0.1, 0.15) is 11.5 Å². The fraction of sp³-hybridized carbons (Fsp3) is 0.294. The molecule has 0 heterocycles. The lowest BCUT2D eigenvalue weighted by Gasteiger charge is -2.12. The Balaban J connectivity index is 2.04. The molecule has 0 aliphatic rings. The van der Waals surface area contributed by atoms with Crippen molar-refractivity contribution in [3.05, 3.63) is 52.5 Å².